The van der Waals surface area contributed by atoms with E-state index in [1.54, 1.807) is 18.5 Å². The summed E-state index contributed by atoms with van der Waals surface area (Å²) in [5.41, 5.74) is -0.598. The first kappa shape index (κ1) is 18.3. The molecule has 0 saturated heterocycles. The molecule has 3 rings (SSSR count). The molecule has 0 aliphatic heterocycles. The van der Waals surface area contributed by atoms with E-state index >= 15 is 0 Å². The lowest BCUT2D eigenvalue weighted by Crippen LogP contribution is -2.32. The third-order valence-corrected chi connectivity index (χ3v) is 3.94. The molecule has 1 aromatic carbocycles. The zero-order valence-electron chi connectivity index (χ0n) is 13.8. The van der Waals surface area contributed by atoms with E-state index in [1.807, 2.05) is 0 Å². The van der Waals surface area contributed by atoms with Crippen molar-refractivity contribution in [2.75, 3.05) is 6.54 Å². The molecule has 0 saturated carbocycles. The summed E-state index contributed by atoms with van der Waals surface area (Å²) in [6.07, 6.45) is 3.27. The van der Waals surface area contributed by atoms with Gasteiger partial charge in [-0.3, -0.25) is 19.7 Å². The minimum Gasteiger partial charge on any atom is -0.350 e. The van der Waals surface area contributed by atoms with Gasteiger partial charge in [-0.15, -0.1) is 5.10 Å². The summed E-state index contributed by atoms with van der Waals surface area (Å²) in [7, 11) is 0. The van der Waals surface area contributed by atoms with Gasteiger partial charge in [0.2, 0.25) is 0 Å². The second-order valence-corrected chi connectivity index (χ2v) is 5.79. The maximum atomic E-state index is 12.2. The fourth-order valence-corrected chi connectivity index (χ4v) is 2.50. The Hall–Kier alpha value is -3.53. The number of hydrogen-bond acceptors (Lipinski definition) is 6. The van der Waals surface area contributed by atoms with Crippen LogP contribution in [0.1, 0.15) is 10.4 Å². The molecule has 1 N–H and O–H groups in total. The molecule has 0 fully saturated rings. The molecule has 10 nitrogen and oxygen atoms in total. The van der Waals surface area contributed by atoms with E-state index < -0.39 is 10.8 Å². The van der Waals surface area contributed by atoms with Crippen molar-refractivity contribution in [1.29, 1.82) is 0 Å². The predicted molar refractivity (Wildman–Crippen MR) is 96.1 cm³/mol. The average Bonchev–Trinajstić information content (AvgIpc) is 3.18. The molecule has 2 aromatic heterocycles. The van der Waals surface area contributed by atoms with Crippen LogP contribution in [-0.4, -0.2) is 36.9 Å². The summed E-state index contributed by atoms with van der Waals surface area (Å²) in [5, 5.41) is 21.7. The standard InChI is InChI=1S/C16H13ClN6O4/c17-13-3-2-11(23(26)27)10-12(13)16(25)18-7-9-22-15(24)5-4-14(20-22)21-8-1-6-19-21/h1-6,8,10H,7,9H2,(H,18,25). The molecule has 0 atom stereocenters. The van der Waals surface area contributed by atoms with Crippen LogP contribution in [0.5, 0.6) is 0 Å². The maximum Gasteiger partial charge on any atom is 0.270 e. The first-order valence-corrected chi connectivity index (χ1v) is 8.14. The Balaban J connectivity index is 1.69. The number of carbonyl (C=O) groups is 1. The number of non-ortho nitro benzene ring substituents is 1. The molecule has 0 spiro atoms. The Morgan fingerprint density at radius 3 is 2.81 bits per heavy atom. The number of benzene rings is 1. The molecule has 0 bridgehead atoms. The summed E-state index contributed by atoms with van der Waals surface area (Å²) in [6.45, 7) is 0.180. The fourth-order valence-electron chi connectivity index (χ4n) is 2.30. The molecule has 138 valence electrons. The highest BCUT2D eigenvalue weighted by Gasteiger charge is 2.15. The van der Waals surface area contributed by atoms with Crippen molar-refractivity contribution in [3.8, 4) is 5.82 Å². The predicted octanol–water partition coefficient (Wildman–Crippen LogP) is 1.42. The maximum absolute atomic E-state index is 12.2. The van der Waals surface area contributed by atoms with Crippen LogP contribution in [0.3, 0.4) is 0 Å². The zero-order valence-corrected chi connectivity index (χ0v) is 14.5. The Labute approximate surface area is 157 Å². The van der Waals surface area contributed by atoms with Crippen molar-refractivity contribution in [3.63, 3.8) is 0 Å². The van der Waals surface area contributed by atoms with Crippen molar-refractivity contribution in [3.05, 3.63) is 79.8 Å². The number of nitrogens with one attached hydrogen (secondary N) is 1. The summed E-state index contributed by atoms with van der Waals surface area (Å²) in [6, 6.07) is 8.20. The summed E-state index contributed by atoms with van der Waals surface area (Å²) in [5.74, 6) is -0.132. The van der Waals surface area contributed by atoms with E-state index in [2.05, 4.69) is 15.5 Å². The van der Waals surface area contributed by atoms with Gasteiger partial charge in [-0.1, -0.05) is 11.6 Å². The Morgan fingerprint density at radius 1 is 1.30 bits per heavy atom. The van der Waals surface area contributed by atoms with Crippen LogP contribution in [0.2, 0.25) is 5.02 Å². The monoisotopic (exact) mass is 388 g/mol. The van der Waals surface area contributed by atoms with Gasteiger partial charge in [-0.25, -0.2) is 9.36 Å². The minimum absolute atomic E-state index is 0.0172. The van der Waals surface area contributed by atoms with Gasteiger partial charge >= 0.3 is 0 Å². The van der Waals surface area contributed by atoms with Crippen LogP contribution in [0, 0.1) is 10.1 Å². The van der Waals surface area contributed by atoms with E-state index in [-0.39, 0.29) is 34.9 Å². The number of aromatic nitrogens is 4. The third-order valence-electron chi connectivity index (χ3n) is 3.61. The van der Waals surface area contributed by atoms with Crippen molar-refractivity contribution < 1.29 is 9.72 Å². The van der Waals surface area contributed by atoms with E-state index in [0.29, 0.717) is 5.82 Å². The van der Waals surface area contributed by atoms with Gasteiger partial charge in [-0.2, -0.15) is 5.10 Å². The normalized spacial score (nSPS) is 10.6. The smallest absolute Gasteiger partial charge is 0.270 e. The van der Waals surface area contributed by atoms with E-state index in [4.69, 9.17) is 11.6 Å². The van der Waals surface area contributed by atoms with Gasteiger partial charge in [0.05, 0.1) is 22.1 Å². The Kier molecular flexibility index (Phi) is 5.27. The van der Waals surface area contributed by atoms with Crippen LogP contribution in [0.25, 0.3) is 5.82 Å². The first-order chi connectivity index (χ1) is 13.0. The molecular formula is C16H13ClN6O4. The lowest BCUT2D eigenvalue weighted by atomic mass is 10.2. The molecule has 1 amide bonds. The minimum atomic E-state index is -0.614. The van der Waals surface area contributed by atoms with Gasteiger partial charge in [0, 0.05) is 37.1 Å². The molecule has 3 aromatic rings. The molecule has 2 heterocycles. The van der Waals surface area contributed by atoms with E-state index in [0.717, 1.165) is 6.07 Å². The average molecular weight is 389 g/mol. The molecule has 27 heavy (non-hydrogen) atoms. The van der Waals surface area contributed by atoms with Gasteiger partial charge in [-0.05, 0) is 18.2 Å². The lowest BCUT2D eigenvalue weighted by molar-refractivity contribution is -0.384. The van der Waals surface area contributed by atoms with Gasteiger partial charge in [0.15, 0.2) is 5.82 Å². The van der Waals surface area contributed by atoms with Crippen molar-refractivity contribution in [2.24, 2.45) is 0 Å². The third kappa shape index (κ3) is 4.18. The number of hydrogen-bond donors (Lipinski definition) is 1. The quantitative estimate of drug-likeness (QED) is 0.503. The Bertz CT molecular complexity index is 1050. The van der Waals surface area contributed by atoms with Crippen molar-refractivity contribution in [1.82, 2.24) is 24.9 Å². The summed E-state index contributed by atoms with van der Waals surface area (Å²) >= 11 is 5.93. The summed E-state index contributed by atoms with van der Waals surface area (Å²) < 4.78 is 2.68. The van der Waals surface area contributed by atoms with Crippen LogP contribution in [-0.2, 0) is 6.54 Å². The molecular weight excluding hydrogens is 376 g/mol. The van der Waals surface area contributed by atoms with Gasteiger partial charge in [0.25, 0.3) is 17.2 Å². The Morgan fingerprint density at radius 2 is 2.11 bits per heavy atom. The van der Waals surface area contributed by atoms with Crippen molar-refractivity contribution in [2.45, 2.75) is 6.54 Å². The summed E-state index contributed by atoms with van der Waals surface area (Å²) in [4.78, 5) is 34.4. The van der Waals surface area contributed by atoms with E-state index in [9.17, 15) is 19.7 Å². The van der Waals surface area contributed by atoms with Crippen molar-refractivity contribution >= 4 is 23.2 Å². The van der Waals surface area contributed by atoms with Crippen LogP contribution in [0.15, 0.2) is 53.6 Å². The largest absolute Gasteiger partial charge is 0.350 e. The number of rotatable bonds is 6. The highest BCUT2D eigenvalue weighted by molar-refractivity contribution is 6.33. The number of carbonyl (C=O) groups excluding carboxylic acids is 1. The molecule has 11 heteroatoms. The fraction of sp³-hybridized carbons (Fsp3) is 0.125. The molecule has 0 unspecified atom stereocenters. The highest BCUT2D eigenvalue weighted by Crippen LogP contribution is 2.21. The van der Waals surface area contributed by atoms with Crippen LogP contribution >= 0.6 is 11.6 Å². The number of halogens is 1. The first-order valence-electron chi connectivity index (χ1n) is 7.76. The lowest BCUT2D eigenvalue weighted by Gasteiger charge is -2.09. The highest BCUT2D eigenvalue weighted by atomic mass is 35.5. The number of nitrogens with zero attached hydrogens (tertiary/aromatic N) is 5. The topological polar surface area (TPSA) is 125 Å². The van der Waals surface area contributed by atoms with Crippen LogP contribution < -0.4 is 10.9 Å². The van der Waals surface area contributed by atoms with Gasteiger partial charge < -0.3 is 5.32 Å². The number of amides is 1. The molecule has 0 radical (unpaired) electrons. The molecule has 0 aliphatic carbocycles. The molecule has 0 aliphatic rings. The van der Waals surface area contributed by atoms with Crippen LogP contribution in [0.4, 0.5) is 5.69 Å². The van der Waals surface area contributed by atoms with Gasteiger partial charge in [0.1, 0.15) is 0 Å². The van der Waals surface area contributed by atoms with E-state index in [1.165, 1.54) is 33.6 Å². The SMILES string of the molecule is O=C(NCCn1nc(-n2cccn2)ccc1=O)c1cc([N+](=O)[O-])ccc1Cl. The zero-order chi connectivity index (χ0) is 19.4. The number of nitro groups is 1. The second kappa shape index (κ2) is 7.79. The second-order valence-electron chi connectivity index (χ2n) is 5.38. The number of nitro benzene ring substituents is 1.